The van der Waals surface area contributed by atoms with E-state index in [2.05, 4.69) is 4.98 Å². The molecule has 1 aromatic carbocycles. The lowest BCUT2D eigenvalue weighted by atomic mass is 10.2. The van der Waals surface area contributed by atoms with Crippen molar-refractivity contribution in [3.05, 3.63) is 42.1 Å². The Morgan fingerprint density at radius 2 is 1.90 bits per heavy atom. The number of methoxy groups -OCH3 is 1. The number of hydrogen-bond acceptors (Lipinski definition) is 6. The molecule has 0 fully saturated rings. The van der Waals surface area contributed by atoms with Gasteiger partial charge in [-0.1, -0.05) is 0 Å². The molecule has 2 rings (SSSR count). The quantitative estimate of drug-likeness (QED) is 0.851. The predicted octanol–water partition coefficient (Wildman–Crippen LogP) is 2.64. The van der Waals surface area contributed by atoms with Crippen molar-refractivity contribution in [2.45, 2.75) is 6.92 Å². The van der Waals surface area contributed by atoms with E-state index in [1.54, 1.807) is 38.3 Å². The maximum atomic E-state index is 11.9. The van der Waals surface area contributed by atoms with Crippen LogP contribution in [0.5, 0.6) is 17.4 Å². The Balaban J connectivity index is 2.27. The third-order valence-electron chi connectivity index (χ3n) is 2.64. The Kier molecular flexibility index (Phi) is 4.61. The van der Waals surface area contributed by atoms with E-state index in [0.717, 1.165) is 0 Å². The summed E-state index contributed by atoms with van der Waals surface area (Å²) in [5, 5.41) is 0. The fourth-order valence-electron chi connectivity index (χ4n) is 1.66. The van der Waals surface area contributed by atoms with Crippen molar-refractivity contribution in [2.75, 3.05) is 19.5 Å². The summed E-state index contributed by atoms with van der Waals surface area (Å²) < 4.78 is 15.6. The van der Waals surface area contributed by atoms with Crippen LogP contribution in [-0.4, -0.2) is 24.7 Å². The second-order valence-corrected chi connectivity index (χ2v) is 4.12. The van der Waals surface area contributed by atoms with Crippen LogP contribution in [0, 0.1) is 0 Å². The van der Waals surface area contributed by atoms with E-state index in [4.69, 9.17) is 19.9 Å². The number of hydrogen-bond donors (Lipinski definition) is 1. The SMILES string of the molecule is CCOC(=O)c1cc(N)cnc1Oc1ccc(OC)cc1. The van der Waals surface area contributed by atoms with Gasteiger partial charge in [0.05, 0.1) is 25.6 Å². The highest BCUT2D eigenvalue weighted by Gasteiger charge is 2.16. The molecular formula is C15H16N2O4. The average Bonchev–Trinajstić information content (AvgIpc) is 2.50. The lowest BCUT2D eigenvalue weighted by Crippen LogP contribution is -2.08. The first-order chi connectivity index (χ1) is 10.1. The molecular weight excluding hydrogens is 272 g/mol. The minimum Gasteiger partial charge on any atom is -0.497 e. The zero-order valence-corrected chi connectivity index (χ0v) is 11.8. The van der Waals surface area contributed by atoms with E-state index in [9.17, 15) is 4.79 Å². The summed E-state index contributed by atoms with van der Waals surface area (Å²) in [4.78, 5) is 15.9. The third-order valence-corrected chi connectivity index (χ3v) is 2.64. The van der Waals surface area contributed by atoms with Gasteiger partial charge < -0.3 is 19.9 Å². The summed E-state index contributed by atoms with van der Waals surface area (Å²) in [6.07, 6.45) is 1.42. The van der Waals surface area contributed by atoms with E-state index in [-0.39, 0.29) is 18.1 Å². The fraction of sp³-hybridized carbons (Fsp3) is 0.200. The van der Waals surface area contributed by atoms with Gasteiger partial charge in [-0.15, -0.1) is 0 Å². The molecule has 0 radical (unpaired) electrons. The molecule has 6 heteroatoms. The molecule has 0 atom stereocenters. The molecule has 0 spiro atoms. The first kappa shape index (κ1) is 14.6. The van der Waals surface area contributed by atoms with Crippen LogP contribution < -0.4 is 15.2 Å². The van der Waals surface area contributed by atoms with Crippen molar-refractivity contribution in [1.82, 2.24) is 4.98 Å². The van der Waals surface area contributed by atoms with Crippen LogP contribution in [0.15, 0.2) is 36.5 Å². The first-order valence-corrected chi connectivity index (χ1v) is 6.38. The molecule has 2 aromatic rings. The third kappa shape index (κ3) is 3.62. The van der Waals surface area contributed by atoms with Gasteiger partial charge in [-0.05, 0) is 37.3 Å². The van der Waals surface area contributed by atoms with Gasteiger partial charge >= 0.3 is 5.97 Å². The Morgan fingerprint density at radius 1 is 1.24 bits per heavy atom. The molecule has 0 saturated carbocycles. The van der Waals surface area contributed by atoms with E-state index < -0.39 is 5.97 Å². The monoisotopic (exact) mass is 288 g/mol. The van der Waals surface area contributed by atoms with Gasteiger partial charge in [-0.2, -0.15) is 0 Å². The van der Waals surface area contributed by atoms with Gasteiger partial charge in [-0.25, -0.2) is 9.78 Å². The lowest BCUT2D eigenvalue weighted by Gasteiger charge is -2.10. The summed E-state index contributed by atoms with van der Waals surface area (Å²) in [6.45, 7) is 1.98. The number of anilines is 1. The van der Waals surface area contributed by atoms with E-state index in [1.807, 2.05) is 0 Å². The van der Waals surface area contributed by atoms with Crippen molar-refractivity contribution >= 4 is 11.7 Å². The smallest absolute Gasteiger partial charge is 0.343 e. The van der Waals surface area contributed by atoms with Gasteiger partial charge in [0, 0.05) is 0 Å². The zero-order valence-electron chi connectivity index (χ0n) is 11.8. The zero-order chi connectivity index (χ0) is 15.2. The summed E-state index contributed by atoms with van der Waals surface area (Å²) in [7, 11) is 1.58. The first-order valence-electron chi connectivity index (χ1n) is 6.38. The number of nitrogen functional groups attached to an aromatic ring is 1. The Hall–Kier alpha value is -2.76. The van der Waals surface area contributed by atoms with Crippen molar-refractivity contribution in [3.8, 4) is 17.4 Å². The summed E-state index contributed by atoms with van der Waals surface area (Å²) in [5.74, 6) is 0.852. The molecule has 1 heterocycles. The van der Waals surface area contributed by atoms with Crippen LogP contribution in [0.25, 0.3) is 0 Å². The Morgan fingerprint density at radius 3 is 2.52 bits per heavy atom. The molecule has 21 heavy (non-hydrogen) atoms. The number of ether oxygens (including phenoxy) is 3. The molecule has 0 amide bonds. The van der Waals surface area contributed by atoms with Gasteiger partial charge in [0.15, 0.2) is 0 Å². The number of aromatic nitrogens is 1. The maximum absolute atomic E-state index is 11.9. The van der Waals surface area contributed by atoms with E-state index in [0.29, 0.717) is 17.2 Å². The second kappa shape index (κ2) is 6.60. The largest absolute Gasteiger partial charge is 0.497 e. The number of carbonyl (C=O) groups excluding carboxylic acids is 1. The highest BCUT2D eigenvalue weighted by molar-refractivity contribution is 5.92. The molecule has 0 aliphatic heterocycles. The molecule has 0 bridgehead atoms. The standard InChI is InChI=1S/C15H16N2O4/c1-3-20-15(18)13-8-10(16)9-17-14(13)21-12-6-4-11(19-2)5-7-12/h4-9H,3,16H2,1-2H3. The summed E-state index contributed by atoms with van der Waals surface area (Å²) in [5.41, 5.74) is 6.20. The van der Waals surface area contributed by atoms with Crippen molar-refractivity contribution in [3.63, 3.8) is 0 Å². The fourth-order valence-corrected chi connectivity index (χ4v) is 1.66. The number of pyridine rings is 1. The molecule has 6 nitrogen and oxygen atoms in total. The van der Waals surface area contributed by atoms with Gasteiger partial charge in [0.25, 0.3) is 0 Å². The number of esters is 1. The molecule has 2 N–H and O–H groups in total. The number of benzene rings is 1. The van der Waals surface area contributed by atoms with E-state index >= 15 is 0 Å². The molecule has 0 aliphatic rings. The van der Waals surface area contributed by atoms with Crippen LogP contribution in [0.3, 0.4) is 0 Å². The lowest BCUT2D eigenvalue weighted by molar-refractivity contribution is 0.0523. The van der Waals surface area contributed by atoms with Gasteiger partial charge in [0.2, 0.25) is 5.88 Å². The van der Waals surface area contributed by atoms with Crippen LogP contribution >= 0.6 is 0 Å². The van der Waals surface area contributed by atoms with Crippen molar-refractivity contribution in [1.29, 1.82) is 0 Å². The number of carbonyl (C=O) groups is 1. The Labute approximate surface area is 122 Å². The molecule has 0 unspecified atom stereocenters. The normalized spacial score (nSPS) is 10.0. The maximum Gasteiger partial charge on any atom is 0.343 e. The van der Waals surface area contributed by atoms with Crippen LogP contribution in [0.2, 0.25) is 0 Å². The molecule has 1 aromatic heterocycles. The summed E-state index contributed by atoms with van der Waals surface area (Å²) >= 11 is 0. The van der Waals surface area contributed by atoms with Crippen LogP contribution in [-0.2, 0) is 4.74 Å². The second-order valence-electron chi connectivity index (χ2n) is 4.12. The number of nitrogens with two attached hydrogens (primary N) is 1. The number of rotatable bonds is 5. The molecule has 0 saturated heterocycles. The highest BCUT2D eigenvalue weighted by Crippen LogP contribution is 2.26. The van der Waals surface area contributed by atoms with Crippen LogP contribution in [0.4, 0.5) is 5.69 Å². The van der Waals surface area contributed by atoms with Crippen LogP contribution in [0.1, 0.15) is 17.3 Å². The predicted molar refractivity (Wildman–Crippen MR) is 77.7 cm³/mol. The van der Waals surface area contributed by atoms with Gasteiger partial charge in [0.1, 0.15) is 17.1 Å². The molecule has 0 aliphatic carbocycles. The van der Waals surface area contributed by atoms with E-state index in [1.165, 1.54) is 12.3 Å². The minimum absolute atomic E-state index is 0.146. The average molecular weight is 288 g/mol. The molecule has 110 valence electrons. The Bertz CT molecular complexity index is 626. The van der Waals surface area contributed by atoms with Gasteiger partial charge in [-0.3, -0.25) is 0 Å². The van der Waals surface area contributed by atoms with Crippen molar-refractivity contribution < 1.29 is 19.0 Å². The highest BCUT2D eigenvalue weighted by atomic mass is 16.5. The van der Waals surface area contributed by atoms with Crippen molar-refractivity contribution in [2.24, 2.45) is 0 Å². The summed E-state index contributed by atoms with van der Waals surface area (Å²) in [6, 6.07) is 8.40. The minimum atomic E-state index is -0.527. The topological polar surface area (TPSA) is 83.7 Å². The number of nitrogens with zero attached hydrogens (tertiary/aromatic N) is 1.